The fourth-order valence-electron chi connectivity index (χ4n) is 4.12. The number of nitrogens with zero attached hydrogens (tertiary/aromatic N) is 7. The second-order valence-corrected chi connectivity index (χ2v) is 8.86. The number of piperidine rings is 1. The molecule has 0 bridgehead atoms. The van der Waals surface area contributed by atoms with Gasteiger partial charge in [0.15, 0.2) is 11.5 Å². The zero-order valence-corrected chi connectivity index (χ0v) is 19.6. The van der Waals surface area contributed by atoms with Crippen molar-refractivity contribution in [3.05, 3.63) is 47.8 Å². The van der Waals surface area contributed by atoms with Crippen molar-refractivity contribution in [1.29, 1.82) is 0 Å². The van der Waals surface area contributed by atoms with Crippen LogP contribution in [0.2, 0.25) is 0 Å². The number of rotatable bonds is 5. The molecule has 0 radical (unpaired) electrons. The van der Waals surface area contributed by atoms with Crippen LogP contribution in [-0.2, 0) is 13.2 Å². The number of carbonyl (C=O) groups excluding carboxylic acids is 1. The fourth-order valence-corrected chi connectivity index (χ4v) is 4.12. The monoisotopic (exact) mass is 510 g/mol. The molecule has 9 nitrogen and oxygen atoms in total. The average Bonchev–Trinajstić information content (AvgIpc) is 3.19. The van der Waals surface area contributed by atoms with Crippen molar-refractivity contribution < 1.29 is 26.7 Å². The number of amides is 1. The van der Waals surface area contributed by atoms with E-state index in [0.29, 0.717) is 18.0 Å². The number of hydrogen-bond acceptors (Lipinski definition) is 7. The molecular formula is C22H23F5N8O. The minimum atomic E-state index is -4.59. The molecule has 14 heteroatoms. The Hall–Kier alpha value is -3.71. The summed E-state index contributed by atoms with van der Waals surface area (Å²) in [7, 11) is 1.59. The Balaban J connectivity index is 1.60. The Bertz CT molecular complexity index is 1230. The molecule has 3 aromatic rings. The molecule has 0 spiro atoms. The lowest BCUT2D eigenvalue weighted by Crippen LogP contribution is -2.57. The number of hydrogen-bond donors (Lipinski definition) is 1. The van der Waals surface area contributed by atoms with E-state index in [2.05, 4.69) is 30.4 Å². The number of carbonyl (C=O) groups is 1. The molecule has 0 aromatic carbocycles. The molecule has 1 amide bonds. The van der Waals surface area contributed by atoms with Gasteiger partial charge in [-0.15, -0.1) is 0 Å². The average molecular weight is 510 g/mol. The second-order valence-electron chi connectivity index (χ2n) is 8.86. The molecule has 1 fully saturated rings. The molecule has 1 N–H and O–H groups in total. The molecule has 0 aliphatic carbocycles. The van der Waals surface area contributed by atoms with Crippen LogP contribution >= 0.6 is 0 Å². The molecule has 3 aromatic heterocycles. The molecule has 2 atom stereocenters. The zero-order valence-electron chi connectivity index (χ0n) is 19.6. The van der Waals surface area contributed by atoms with E-state index >= 15 is 0 Å². The van der Waals surface area contributed by atoms with Crippen molar-refractivity contribution in [3.63, 3.8) is 0 Å². The van der Waals surface area contributed by atoms with Gasteiger partial charge in [0.1, 0.15) is 0 Å². The number of aromatic nitrogens is 6. The highest BCUT2D eigenvalue weighted by molar-refractivity contribution is 5.98. The van der Waals surface area contributed by atoms with E-state index in [-0.39, 0.29) is 24.0 Å². The molecule has 1 aliphatic rings. The number of halogens is 5. The van der Waals surface area contributed by atoms with E-state index in [4.69, 9.17) is 0 Å². The lowest BCUT2D eigenvalue weighted by atomic mass is 9.88. The maximum absolute atomic E-state index is 14.6. The fraction of sp³-hybridized carbons (Fsp3) is 0.455. The highest BCUT2D eigenvalue weighted by Gasteiger charge is 2.47. The number of aryl methyl sites for hydroxylation is 2. The van der Waals surface area contributed by atoms with Gasteiger partial charge in [0.25, 0.3) is 11.8 Å². The van der Waals surface area contributed by atoms with Crippen LogP contribution < -0.4 is 5.32 Å². The van der Waals surface area contributed by atoms with Crippen molar-refractivity contribution in [1.82, 2.24) is 34.6 Å². The van der Waals surface area contributed by atoms with Crippen LogP contribution in [0.3, 0.4) is 0 Å². The van der Waals surface area contributed by atoms with Gasteiger partial charge in [-0.2, -0.15) is 18.3 Å². The Labute approximate surface area is 202 Å². The second kappa shape index (κ2) is 9.39. The van der Waals surface area contributed by atoms with Crippen LogP contribution in [0.15, 0.2) is 31.0 Å². The summed E-state index contributed by atoms with van der Waals surface area (Å²) in [4.78, 5) is 30.3. The Morgan fingerprint density at radius 1 is 1.14 bits per heavy atom. The van der Waals surface area contributed by atoms with Gasteiger partial charge in [0.2, 0.25) is 5.95 Å². The largest absolute Gasteiger partial charge is 0.419 e. The summed E-state index contributed by atoms with van der Waals surface area (Å²) in [5, 5.41) is 6.96. The third kappa shape index (κ3) is 5.41. The van der Waals surface area contributed by atoms with E-state index in [1.54, 1.807) is 33.3 Å². The molecule has 1 unspecified atom stereocenters. The molecule has 4 rings (SSSR count). The predicted molar refractivity (Wildman–Crippen MR) is 118 cm³/mol. The van der Waals surface area contributed by atoms with Crippen molar-refractivity contribution >= 4 is 11.9 Å². The minimum absolute atomic E-state index is 0.0580. The molecule has 36 heavy (non-hydrogen) atoms. The standard InChI is InChI=1S/C22H23F5N8O/c1-12-5-28-18(29-6-12)15-10-34(3)33-17(15)19(36)35-11-21(23,24)4-13(2)16(35)9-32-20-30-7-14(8-31-20)22(25,26)27/h5-8,10,13,16H,4,9,11H2,1-3H3,(H,30,31,32)/t13?,16-/m1/s1. The Morgan fingerprint density at radius 2 is 1.78 bits per heavy atom. The first-order valence-electron chi connectivity index (χ1n) is 11.0. The Morgan fingerprint density at radius 3 is 2.39 bits per heavy atom. The summed E-state index contributed by atoms with van der Waals surface area (Å²) >= 11 is 0. The lowest BCUT2D eigenvalue weighted by Gasteiger charge is -2.43. The molecule has 0 saturated carbocycles. The van der Waals surface area contributed by atoms with Crippen LogP contribution in [0.25, 0.3) is 11.4 Å². The smallest absolute Gasteiger partial charge is 0.352 e. The van der Waals surface area contributed by atoms with Gasteiger partial charge in [-0.25, -0.2) is 28.7 Å². The summed E-state index contributed by atoms with van der Waals surface area (Å²) in [6.45, 7) is 2.47. The number of anilines is 1. The summed E-state index contributed by atoms with van der Waals surface area (Å²) in [5.74, 6) is -4.41. The van der Waals surface area contributed by atoms with Crippen LogP contribution in [0.5, 0.6) is 0 Å². The van der Waals surface area contributed by atoms with E-state index in [9.17, 15) is 26.7 Å². The maximum atomic E-state index is 14.6. The number of alkyl halides is 5. The first-order chi connectivity index (χ1) is 16.8. The topological polar surface area (TPSA) is 102 Å². The van der Waals surface area contributed by atoms with Crippen LogP contribution in [0.1, 0.15) is 35.0 Å². The summed E-state index contributed by atoms with van der Waals surface area (Å²) in [6.07, 6.45) is 0.860. The first kappa shape index (κ1) is 25.4. The van der Waals surface area contributed by atoms with Gasteiger partial charge in [-0.3, -0.25) is 9.48 Å². The van der Waals surface area contributed by atoms with Crippen molar-refractivity contribution in [2.75, 3.05) is 18.4 Å². The lowest BCUT2D eigenvalue weighted by molar-refractivity contribution is -0.138. The molecule has 192 valence electrons. The van der Waals surface area contributed by atoms with Crippen molar-refractivity contribution in [2.24, 2.45) is 13.0 Å². The third-order valence-electron chi connectivity index (χ3n) is 5.84. The van der Waals surface area contributed by atoms with Crippen molar-refractivity contribution in [2.45, 2.75) is 38.4 Å². The van der Waals surface area contributed by atoms with E-state index in [1.807, 2.05) is 0 Å². The van der Waals surface area contributed by atoms with Crippen LogP contribution in [0.4, 0.5) is 27.9 Å². The first-order valence-corrected chi connectivity index (χ1v) is 11.0. The van der Waals surface area contributed by atoms with Crippen LogP contribution in [0, 0.1) is 12.8 Å². The normalized spacial score (nSPS) is 19.8. The predicted octanol–water partition coefficient (Wildman–Crippen LogP) is 3.59. The van der Waals surface area contributed by atoms with Gasteiger partial charge in [0.05, 0.1) is 23.7 Å². The Kier molecular flexibility index (Phi) is 6.62. The quantitative estimate of drug-likeness (QED) is 0.524. The van der Waals surface area contributed by atoms with Gasteiger partial charge in [-0.05, 0) is 18.4 Å². The highest BCUT2D eigenvalue weighted by atomic mass is 19.4. The maximum Gasteiger partial charge on any atom is 0.419 e. The van der Waals surface area contributed by atoms with E-state index in [1.165, 1.54) is 10.9 Å². The zero-order chi connectivity index (χ0) is 26.3. The third-order valence-corrected chi connectivity index (χ3v) is 5.84. The van der Waals surface area contributed by atoms with Gasteiger partial charge in [-0.1, -0.05) is 6.92 Å². The number of likely N-dealkylation sites (tertiary alicyclic amines) is 1. The van der Waals surface area contributed by atoms with Gasteiger partial charge < -0.3 is 10.2 Å². The van der Waals surface area contributed by atoms with E-state index < -0.39 is 48.5 Å². The minimum Gasteiger partial charge on any atom is -0.352 e. The highest BCUT2D eigenvalue weighted by Crippen LogP contribution is 2.36. The van der Waals surface area contributed by atoms with E-state index in [0.717, 1.165) is 10.5 Å². The van der Waals surface area contributed by atoms with Gasteiger partial charge in [0, 0.05) is 51.0 Å². The number of nitrogens with one attached hydrogen (secondary N) is 1. The summed E-state index contributed by atoms with van der Waals surface area (Å²) < 4.78 is 68.8. The SMILES string of the molecule is Cc1cnc(-c2cn(C)nc2C(=O)N2CC(F)(F)CC(C)[C@H]2CNc2ncc(C(F)(F)F)cn2)nc1. The molecule has 1 aliphatic heterocycles. The summed E-state index contributed by atoms with van der Waals surface area (Å²) in [6, 6.07) is -0.739. The van der Waals surface area contributed by atoms with Crippen LogP contribution in [-0.4, -0.2) is 65.6 Å². The van der Waals surface area contributed by atoms with Gasteiger partial charge >= 0.3 is 6.18 Å². The molecule has 1 saturated heterocycles. The molecular weight excluding hydrogens is 487 g/mol. The molecule has 4 heterocycles. The van der Waals surface area contributed by atoms with Crippen molar-refractivity contribution in [3.8, 4) is 11.4 Å². The summed E-state index contributed by atoms with van der Waals surface area (Å²) in [5.41, 5.74) is -0.00275.